The van der Waals surface area contributed by atoms with Gasteiger partial charge < -0.3 is 4.90 Å². The van der Waals surface area contributed by atoms with Gasteiger partial charge in [0.15, 0.2) is 0 Å². The van der Waals surface area contributed by atoms with Gasteiger partial charge in [0, 0.05) is 25.9 Å². The lowest BCUT2D eigenvalue weighted by atomic mass is 10.1. The maximum absolute atomic E-state index is 10.8. The number of rotatable bonds is 3. The van der Waals surface area contributed by atoms with Crippen molar-refractivity contribution in [2.75, 3.05) is 19.0 Å². The van der Waals surface area contributed by atoms with Gasteiger partial charge >= 0.3 is 0 Å². The van der Waals surface area contributed by atoms with Crippen molar-refractivity contribution in [1.29, 1.82) is 0 Å². The van der Waals surface area contributed by atoms with Gasteiger partial charge in [-0.05, 0) is 17.7 Å². The highest BCUT2D eigenvalue weighted by Gasteiger charge is 2.00. The molecule has 80 valence electrons. The smallest absolute Gasteiger partial charge is 0.267 e. The van der Waals surface area contributed by atoms with Crippen molar-refractivity contribution in [2.45, 2.75) is 0 Å². The van der Waals surface area contributed by atoms with Crippen molar-refractivity contribution in [3.63, 3.8) is 0 Å². The van der Waals surface area contributed by atoms with Crippen LogP contribution in [0.25, 0.3) is 6.08 Å². The van der Waals surface area contributed by atoms with E-state index in [1.54, 1.807) is 11.6 Å². The van der Waals surface area contributed by atoms with Crippen LogP contribution in [0, 0.1) is 0 Å². The Morgan fingerprint density at radius 3 is 2.67 bits per heavy atom. The second kappa shape index (κ2) is 5.17. The van der Waals surface area contributed by atoms with Crippen LogP contribution in [-0.4, -0.2) is 25.2 Å². The number of para-hydroxylation sites is 1. The molecule has 0 fully saturated rings. The molecule has 0 aromatic heterocycles. The van der Waals surface area contributed by atoms with Crippen molar-refractivity contribution < 1.29 is 10.0 Å². The van der Waals surface area contributed by atoms with Crippen molar-refractivity contribution in [3.8, 4) is 0 Å². The van der Waals surface area contributed by atoms with E-state index in [1.165, 1.54) is 6.08 Å². The van der Waals surface area contributed by atoms with Gasteiger partial charge in [-0.2, -0.15) is 0 Å². The van der Waals surface area contributed by atoms with Gasteiger partial charge in [-0.25, -0.2) is 5.48 Å². The minimum Gasteiger partial charge on any atom is -0.377 e. The normalized spacial score (nSPS) is 10.3. The third-order valence-electron chi connectivity index (χ3n) is 1.94. The Labute approximate surface area is 88.8 Å². The second-order valence-corrected chi connectivity index (χ2v) is 3.26. The first-order chi connectivity index (χ1) is 7.15. The van der Waals surface area contributed by atoms with E-state index in [0.29, 0.717) is 0 Å². The molecule has 0 saturated carbocycles. The molecular formula is C11H14N2O2. The second-order valence-electron chi connectivity index (χ2n) is 3.26. The van der Waals surface area contributed by atoms with Crippen LogP contribution in [0.5, 0.6) is 0 Å². The molecule has 1 aromatic carbocycles. The Kier molecular flexibility index (Phi) is 3.88. The van der Waals surface area contributed by atoms with Gasteiger partial charge in [-0.15, -0.1) is 0 Å². The lowest BCUT2D eigenvalue weighted by Crippen LogP contribution is -2.15. The number of amides is 1. The molecule has 0 aliphatic rings. The van der Waals surface area contributed by atoms with Crippen LogP contribution in [0.3, 0.4) is 0 Å². The van der Waals surface area contributed by atoms with E-state index < -0.39 is 5.91 Å². The van der Waals surface area contributed by atoms with Crippen molar-refractivity contribution in [3.05, 3.63) is 35.9 Å². The highest BCUT2D eigenvalue weighted by atomic mass is 16.5. The molecule has 0 bridgehead atoms. The minimum atomic E-state index is -0.538. The van der Waals surface area contributed by atoms with E-state index in [1.807, 2.05) is 43.3 Å². The third kappa shape index (κ3) is 3.11. The summed E-state index contributed by atoms with van der Waals surface area (Å²) >= 11 is 0. The van der Waals surface area contributed by atoms with E-state index in [9.17, 15) is 4.79 Å². The van der Waals surface area contributed by atoms with Crippen molar-refractivity contribution in [2.24, 2.45) is 0 Å². The maximum atomic E-state index is 10.8. The van der Waals surface area contributed by atoms with E-state index in [4.69, 9.17) is 5.21 Å². The summed E-state index contributed by atoms with van der Waals surface area (Å²) in [5.74, 6) is -0.538. The number of hydrogen-bond acceptors (Lipinski definition) is 3. The molecule has 0 unspecified atom stereocenters. The molecule has 2 N–H and O–H groups in total. The molecular weight excluding hydrogens is 192 g/mol. The first-order valence-corrected chi connectivity index (χ1v) is 4.53. The van der Waals surface area contributed by atoms with E-state index in [-0.39, 0.29) is 0 Å². The molecule has 1 amide bonds. The van der Waals surface area contributed by atoms with E-state index in [2.05, 4.69) is 0 Å². The van der Waals surface area contributed by atoms with Crippen LogP contribution in [-0.2, 0) is 4.79 Å². The summed E-state index contributed by atoms with van der Waals surface area (Å²) in [5, 5.41) is 8.33. The molecule has 1 rings (SSSR count). The average Bonchev–Trinajstić information content (AvgIpc) is 2.26. The summed E-state index contributed by atoms with van der Waals surface area (Å²) < 4.78 is 0. The fourth-order valence-corrected chi connectivity index (χ4v) is 1.24. The number of hydrogen-bond donors (Lipinski definition) is 2. The number of anilines is 1. The lowest BCUT2D eigenvalue weighted by molar-refractivity contribution is -0.124. The maximum Gasteiger partial charge on any atom is 0.267 e. The zero-order valence-electron chi connectivity index (χ0n) is 8.77. The van der Waals surface area contributed by atoms with Gasteiger partial charge in [-0.3, -0.25) is 10.0 Å². The fraction of sp³-hybridized carbons (Fsp3) is 0.182. The Bertz CT molecular complexity index is 373. The summed E-state index contributed by atoms with van der Waals surface area (Å²) in [6.45, 7) is 0. The molecule has 0 saturated heterocycles. The Balaban J connectivity index is 2.94. The predicted octanol–water partition coefficient (Wildman–Crippen LogP) is 1.27. The van der Waals surface area contributed by atoms with Gasteiger partial charge in [-0.1, -0.05) is 18.2 Å². The Morgan fingerprint density at radius 1 is 1.40 bits per heavy atom. The molecule has 4 nitrogen and oxygen atoms in total. The molecule has 0 aliphatic carbocycles. The number of benzene rings is 1. The number of carbonyl (C=O) groups excluding carboxylic acids is 1. The first kappa shape index (κ1) is 11.3. The standard InChI is InChI=1S/C11H14N2O2/c1-13(2)10-6-4-3-5-9(10)7-8-11(14)12-15/h3-8,15H,1-2H3,(H,12,14). The zero-order chi connectivity index (χ0) is 11.3. The summed E-state index contributed by atoms with van der Waals surface area (Å²) in [5.41, 5.74) is 3.48. The fourth-order valence-electron chi connectivity index (χ4n) is 1.24. The number of nitrogens with one attached hydrogen (secondary N) is 1. The molecule has 0 heterocycles. The number of nitrogens with zero attached hydrogens (tertiary/aromatic N) is 1. The highest BCUT2D eigenvalue weighted by Crippen LogP contribution is 2.18. The molecule has 15 heavy (non-hydrogen) atoms. The van der Waals surface area contributed by atoms with Crippen LogP contribution in [0.15, 0.2) is 30.3 Å². The highest BCUT2D eigenvalue weighted by molar-refractivity contribution is 5.91. The lowest BCUT2D eigenvalue weighted by Gasteiger charge is -2.15. The molecule has 0 radical (unpaired) electrons. The number of hydroxylamine groups is 1. The van der Waals surface area contributed by atoms with Gasteiger partial charge in [0.25, 0.3) is 5.91 Å². The van der Waals surface area contributed by atoms with Crippen LogP contribution in [0.2, 0.25) is 0 Å². The largest absolute Gasteiger partial charge is 0.377 e. The average molecular weight is 206 g/mol. The Hall–Kier alpha value is -1.81. The quantitative estimate of drug-likeness (QED) is 0.445. The number of carbonyl (C=O) groups is 1. The molecule has 0 aliphatic heterocycles. The van der Waals surface area contributed by atoms with Crippen LogP contribution < -0.4 is 10.4 Å². The van der Waals surface area contributed by atoms with E-state index in [0.717, 1.165) is 11.3 Å². The Morgan fingerprint density at radius 2 is 2.07 bits per heavy atom. The van der Waals surface area contributed by atoms with E-state index >= 15 is 0 Å². The predicted molar refractivity (Wildman–Crippen MR) is 59.7 cm³/mol. The molecule has 1 aromatic rings. The monoisotopic (exact) mass is 206 g/mol. The third-order valence-corrected chi connectivity index (χ3v) is 1.94. The summed E-state index contributed by atoms with van der Waals surface area (Å²) in [6, 6.07) is 7.68. The molecule has 0 atom stereocenters. The van der Waals surface area contributed by atoms with Crippen LogP contribution in [0.1, 0.15) is 5.56 Å². The molecule has 0 spiro atoms. The van der Waals surface area contributed by atoms with Crippen LogP contribution in [0.4, 0.5) is 5.69 Å². The minimum absolute atomic E-state index is 0.538. The summed E-state index contributed by atoms with van der Waals surface area (Å²) in [7, 11) is 3.86. The summed E-state index contributed by atoms with van der Waals surface area (Å²) in [4.78, 5) is 12.8. The zero-order valence-corrected chi connectivity index (χ0v) is 8.77. The van der Waals surface area contributed by atoms with Crippen molar-refractivity contribution in [1.82, 2.24) is 5.48 Å². The first-order valence-electron chi connectivity index (χ1n) is 4.53. The topological polar surface area (TPSA) is 52.6 Å². The SMILES string of the molecule is CN(C)c1ccccc1C=CC(=O)NO. The van der Waals surface area contributed by atoms with Gasteiger partial charge in [0.1, 0.15) is 0 Å². The van der Waals surface area contributed by atoms with Gasteiger partial charge in [0.05, 0.1) is 0 Å². The van der Waals surface area contributed by atoms with Crippen LogP contribution >= 0.6 is 0 Å². The molecule has 4 heteroatoms. The van der Waals surface area contributed by atoms with Crippen molar-refractivity contribution >= 4 is 17.7 Å². The summed E-state index contributed by atoms with van der Waals surface area (Å²) in [6.07, 6.45) is 2.93. The van der Waals surface area contributed by atoms with Gasteiger partial charge in [0.2, 0.25) is 0 Å².